The third kappa shape index (κ3) is 92.5. The molecule has 0 saturated carbocycles. The molecule has 678 valence electrons. The third-order valence-electron chi connectivity index (χ3n) is 20.6. The highest BCUT2D eigenvalue weighted by Crippen LogP contribution is 2.45. The molecule has 0 aromatic heterocycles. The minimum Gasteiger partial charge on any atom is -0.463 e. The highest BCUT2D eigenvalue weighted by Gasteiger charge is 2.30. The highest BCUT2D eigenvalue weighted by atomic mass is 31.2. The van der Waals surface area contributed by atoms with Crippen molar-refractivity contribution >= 4 is 33.6 Å². The van der Waals surface area contributed by atoms with E-state index in [9.17, 15) is 43.5 Å². The summed E-state index contributed by atoms with van der Waals surface area (Å²) in [4.78, 5) is 58.9. The van der Waals surface area contributed by atoms with Gasteiger partial charge in [0.05, 0.1) is 26.4 Å². The van der Waals surface area contributed by atoms with Crippen molar-refractivity contribution in [2.24, 2.45) is 0 Å². The zero-order chi connectivity index (χ0) is 85.1. The lowest BCUT2D eigenvalue weighted by Gasteiger charge is -2.21. The van der Waals surface area contributed by atoms with Gasteiger partial charge in [0.2, 0.25) is 0 Å². The van der Waals surface area contributed by atoms with Gasteiger partial charge in [0.1, 0.15) is 25.4 Å². The molecule has 0 aromatic carbocycles. The normalized spacial score (nSPS) is 14.3. The van der Waals surface area contributed by atoms with E-state index in [2.05, 4.69) is 142 Å². The SMILES string of the molecule is CCCCC/C=C\C/C=C\C/C=C\C/C=C\CCCCCCCCCCCCCCCCCCCCCC(=O)OCC(O)COP(=O)(O)OCC(O)COP(=O)(O)OCC(COC(=O)CCCCCCCCCCCCCCCCC/C=C\C/C=C\C/C=C\C/C=C\CCCCC)OC(=O)CCCCCCC/C=C\C/C=C\CCCCC. The van der Waals surface area contributed by atoms with Crippen molar-refractivity contribution in [1.29, 1.82) is 0 Å². The van der Waals surface area contributed by atoms with Crippen molar-refractivity contribution in [3.63, 3.8) is 0 Å². The molecule has 16 nitrogen and oxygen atoms in total. The van der Waals surface area contributed by atoms with Gasteiger partial charge in [0, 0.05) is 19.3 Å². The molecule has 0 aliphatic heterocycles. The number of phosphoric ester groups is 2. The van der Waals surface area contributed by atoms with Gasteiger partial charge in [-0.05, 0) is 141 Å². The second kappa shape index (κ2) is 91.2. The van der Waals surface area contributed by atoms with Gasteiger partial charge in [0.25, 0.3) is 0 Å². The molecule has 0 aliphatic rings. The Bertz CT molecular complexity index is 2610. The highest BCUT2D eigenvalue weighted by molar-refractivity contribution is 7.47. The molecular weight excluding hydrogens is 1510 g/mol. The second-order valence-corrected chi connectivity index (χ2v) is 35.1. The quantitative estimate of drug-likeness (QED) is 0.0146. The molecule has 0 spiro atoms. The van der Waals surface area contributed by atoms with Crippen LogP contribution in [-0.4, -0.2) is 95.9 Å². The fourth-order valence-electron chi connectivity index (χ4n) is 13.3. The fraction of sp³-hybridized carbons (Fsp3) is 0.768. The first-order valence-electron chi connectivity index (χ1n) is 47.8. The van der Waals surface area contributed by atoms with Crippen LogP contribution in [0.1, 0.15) is 432 Å². The van der Waals surface area contributed by atoms with Crippen LogP contribution in [-0.2, 0) is 55.8 Å². The number of carbonyl (C=O) groups excluding carboxylic acids is 3. The molecule has 5 unspecified atom stereocenters. The van der Waals surface area contributed by atoms with Crippen LogP contribution < -0.4 is 0 Å². The van der Waals surface area contributed by atoms with E-state index in [-0.39, 0.29) is 19.3 Å². The number of phosphoric acid groups is 2. The Balaban J connectivity index is 4.41. The maximum atomic E-state index is 13.0. The lowest BCUT2D eigenvalue weighted by molar-refractivity contribution is -0.161. The summed E-state index contributed by atoms with van der Waals surface area (Å²) in [7, 11) is -9.80. The fourth-order valence-corrected chi connectivity index (χ4v) is 14.9. The molecule has 0 saturated heterocycles. The summed E-state index contributed by atoms with van der Waals surface area (Å²) in [6.07, 6.45) is 113. The molecule has 18 heteroatoms. The number of esters is 3. The molecule has 0 amide bonds. The summed E-state index contributed by atoms with van der Waals surface area (Å²) in [6.45, 7) is 2.65. The van der Waals surface area contributed by atoms with Crippen LogP contribution in [0.2, 0.25) is 0 Å². The van der Waals surface area contributed by atoms with E-state index in [1.165, 1.54) is 250 Å². The largest absolute Gasteiger partial charge is 0.472 e. The van der Waals surface area contributed by atoms with Crippen LogP contribution in [0.15, 0.2) is 122 Å². The molecule has 0 bridgehead atoms. The van der Waals surface area contributed by atoms with Crippen LogP contribution in [0.3, 0.4) is 0 Å². The van der Waals surface area contributed by atoms with E-state index >= 15 is 0 Å². The van der Waals surface area contributed by atoms with Gasteiger partial charge in [0.15, 0.2) is 6.10 Å². The number of allylic oxidation sites excluding steroid dienone is 20. The Morgan fingerprint density at radius 3 is 0.675 bits per heavy atom. The maximum absolute atomic E-state index is 13.0. The first-order chi connectivity index (χ1) is 57.2. The van der Waals surface area contributed by atoms with Crippen molar-refractivity contribution in [2.45, 2.75) is 450 Å². The van der Waals surface area contributed by atoms with Gasteiger partial charge in [-0.2, -0.15) is 0 Å². The van der Waals surface area contributed by atoms with Gasteiger partial charge < -0.3 is 34.2 Å². The van der Waals surface area contributed by atoms with Gasteiger partial charge >= 0.3 is 33.6 Å². The molecule has 0 heterocycles. The molecular formula is C99H176O16P2. The van der Waals surface area contributed by atoms with Crippen LogP contribution >= 0.6 is 15.6 Å². The predicted molar refractivity (Wildman–Crippen MR) is 491 cm³/mol. The van der Waals surface area contributed by atoms with Crippen LogP contribution in [0.25, 0.3) is 0 Å². The van der Waals surface area contributed by atoms with Crippen molar-refractivity contribution < 1.29 is 75.8 Å². The Morgan fingerprint density at radius 1 is 0.239 bits per heavy atom. The Kier molecular flexibility index (Phi) is 88.0. The lowest BCUT2D eigenvalue weighted by atomic mass is 10.0. The van der Waals surface area contributed by atoms with Gasteiger partial charge in [-0.1, -0.05) is 393 Å². The standard InChI is InChI=1S/C99H176O16P2/c1-4-7-10-13-16-19-22-25-28-30-32-34-36-38-40-42-44-45-46-47-49-51-52-54-56-58-60-62-65-67-70-73-76-79-82-85-97(102)109-88-94(100)89-111-116(105,106)112-90-95(101)91-113-117(107,108)114-93-96(115-99(104)87-84-81-78-75-72-69-64-27-24-21-18-15-12-9-6-3)92-110-98(103)86-83-80-77-74-71-68-66-63-61-59-57-55-53-50-48-43-41-39-37-35-33-31-29-26-23-20-17-14-11-8-5-2/h16-21,25-29,32-35,38-41,64,94-96,100-101H,4-15,22-24,30-31,36-37,42-63,65-93H2,1-3H3,(H,105,106)(H,107,108)/b19-16-,20-17-,21-18-,28-25-,29-26-,34-32-,35-33-,40-38-,41-39-,64-27-. The number of unbranched alkanes of at least 4 members (excludes halogenated alkanes) is 48. The lowest BCUT2D eigenvalue weighted by Crippen LogP contribution is -2.30. The van der Waals surface area contributed by atoms with Gasteiger partial charge in [-0.15, -0.1) is 0 Å². The van der Waals surface area contributed by atoms with E-state index in [0.717, 1.165) is 122 Å². The molecule has 0 radical (unpaired) electrons. The summed E-state index contributed by atoms with van der Waals surface area (Å²) in [6, 6.07) is 0. The number of carbonyl (C=O) groups is 3. The monoisotopic (exact) mass is 1680 g/mol. The zero-order valence-corrected chi connectivity index (χ0v) is 76.6. The first kappa shape index (κ1) is 113. The van der Waals surface area contributed by atoms with Crippen LogP contribution in [0.5, 0.6) is 0 Å². The maximum Gasteiger partial charge on any atom is 0.472 e. The van der Waals surface area contributed by atoms with E-state index in [1.807, 2.05) is 0 Å². The summed E-state index contributed by atoms with van der Waals surface area (Å²) in [5.41, 5.74) is 0. The number of ether oxygens (including phenoxy) is 3. The Hall–Kier alpha value is -4.05. The molecule has 0 aliphatic carbocycles. The van der Waals surface area contributed by atoms with Crippen LogP contribution in [0.4, 0.5) is 0 Å². The molecule has 4 N–H and O–H groups in total. The van der Waals surface area contributed by atoms with Crippen molar-refractivity contribution in [1.82, 2.24) is 0 Å². The van der Waals surface area contributed by atoms with Crippen LogP contribution in [0, 0.1) is 0 Å². The summed E-state index contributed by atoms with van der Waals surface area (Å²) in [5, 5.41) is 20.7. The van der Waals surface area contributed by atoms with Gasteiger partial charge in [-0.3, -0.25) is 32.5 Å². The zero-order valence-electron chi connectivity index (χ0n) is 74.9. The molecule has 0 fully saturated rings. The Morgan fingerprint density at radius 2 is 0.427 bits per heavy atom. The molecule has 0 rings (SSSR count). The van der Waals surface area contributed by atoms with E-state index < -0.39 is 91.5 Å². The summed E-state index contributed by atoms with van der Waals surface area (Å²) < 4.78 is 61.4. The van der Waals surface area contributed by atoms with Crippen molar-refractivity contribution in [3.05, 3.63) is 122 Å². The first-order valence-corrected chi connectivity index (χ1v) is 50.8. The number of aliphatic hydroxyl groups excluding tert-OH is 2. The Labute approximate surface area is 716 Å². The van der Waals surface area contributed by atoms with Crippen molar-refractivity contribution in [2.75, 3.05) is 39.6 Å². The molecule has 5 atom stereocenters. The minimum absolute atomic E-state index is 0.0895. The van der Waals surface area contributed by atoms with Gasteiger partial charge in [-0.25, -0.2) is 9.13 Å². The van der Waals surface area contributed by atoms with E-state index in [4.69, 9.17) is 32.3 Å². The average Bonchev–Trinajstić information content (AvgIpc) is 0.886. The average molecular weight is 1680 g/mol. The second-order valence-electron chi connectivity index (χ2n) is 32.2. The summed E-state index contributed by atoms with van der Waals surface area (Å²) in [5.74, 6) is -1.57. The van der Waals surface area contributed by atoms with E-state index in [0.29, 0.717) is 19.3 Å². The number of rotatable bonds is 91. The third-order valence-corrected chi connectivity index (χ3v) is 22.5. The molecule has 117 heavy (non-hydrogen) atoms. The predicted octanol–water partition coefficient (Wildman–Crippen LogP) is 29.6. The smallest absolute Gasteiger partial charge is 0.463 e. The number of hydrogen-bond acceptors (Lipinski definition) is 14. The summed E-state index contributed by atoms with van der Waals surface area (Å²) >= 11 is 0. The number of hydrogen-bond donors (Lipinski definition) is 4. The van der Waals surface area contributed by atoms with E-state index in [1.54, 1.807) is 0 Å². The molecule has 0 aromatic rings. The minimum atomic E-state index is -4.94. The van der Waals surface area contributed by atoms with Crippen molar-refractivity contribution in [3.8, 4) is 0 Å². The topological polar surface area (TPSA) is 231 Å². The number of aliphatic hydroxyl groups is 2.